The van der Waals surface area contributed by atoms with Crippen LogP contribution in [0.15, 0.2) is 18.2 Å². The topological polar surface area (TPSA) is 83.8 Å². The molecule has 1 saturated heterocycles. The fraction of sp³-hybridized carbons (Fsp3) is 0.286. The Hall–Kier alpha value is -2.14. The number of fused-ring (bicyclic) bond motifs is 1. The van der Waals surface area contributed by atoms with Crippen molar-refractivity contribution in [2.45, 2.75) is 18.9 Å². The SMILES string of the molecule is O=C1C=CC(=O)c2c(O)c(C3CCCO3)cc(O)c21. The maximum Gasteiger partial charge on any atom is 0.190 e. The van der Waals surface area contributed by atoms with E-state index in [-0.39, 0.29) is 28.7 Å². The van der Waals surface area contributed by atoms with Crippen molar-refractivity contribution in [2.24, 2.45) is 0 Å². The molecule has 1 unspecified atom stereocenters. The normalized spacial score (nSPS) is 21.8. The monoisotopic (exact) mass is 260 g/mol. The van der Waals surface area contributed by atoms with Crippen LogP contribution in [0.3, 0.4) is 0 Å². The summed E-state index contributed by atoms with van der Waals surface area (Å²) in [5.74, 6) is -1.52. The summed E-state index contributed by atoms with van der Waals surface area (Å²) in [6, 6.07) is 1.31. The van der Waals surface area contributed by atoms with Gasteiger partial charge in [0.05, 0.1) is 17.2 Å². The number of phenolic OH excluding ortho intramolecular Hbond substituents is 2. The summed E-state index contributed by atoms with van der Waals surface area (Å²) in [6.45, 7) is 0.578. The second kappa shape index (κ2) is 4.20. The van der Waals surface area contributed by atoms with Gasteiger partial charge in [-0.2, -0.15) is 0 Å². The first-order chi connectivity index (χ1) is 9.09. The van der Waals surface area contributed by atoms with Gasteiger partial charge >= 0.3 is 0 Å². The highest BCUT2D eigenvalue weighted by molar-refractivity contribution is 6.24. The molecule has 1 aromatic rings. The Morgan fingerprint density at radius 3 is 2.42 bits per heavy atom. The van der Waals surface area contributed by atoms with Gasteiger partial charge in [0, 0.05) is 12.2 Å². The maximum atomic E-state index is 11.8. The van der Waals surface area contributed by atoms with Crippen LogP contribution < -0.4 is 0 Å². The standard InChI is InChI=1S/C14H12O5/c15-8-3-4-9(16)13-12(8)10(17)6-7(14(13)18)11-2-1-5-19-11/h3-4,6,11,17-18H,1-2,5H2. The lowest BCUT2D eigenvalue weighted by Gasteiger charge is -2.18. The number of ketones is 2. The van der Waals surface area contributed by atoms with Crippen molar-refractivity contribution in [1.82, 2.24) is 0 Å². The lowest BCUT2D eigenvalue weighted by molar-refractivity contribution is 0.0982. The van der Waals surface area contributed by atoms with E-state index in [2.05, 4.69) is 0 Å². The van der Waals surface area contributed by atoms with Crippen molar-refractivity contribution in [3.8, 4) is 11.5 Å². The molecule has 1 aliphatic heterocycles. The Labute approximate surface area is 109 Å². The van der Waals surface area contributed by atoms with Crippen LogP contribution in [0.25, 0.3) is 0 Å². The van der Waals surface area contributed by atoms with E-state index in [0.717, 1.165) is 18.6 Å². The largest absolute Gasteiger partial charge is 0.507 e. The molecule has 2 N–H and O–H groups in total. The minimum atomic E-state index is -0.485. The van der Waals surface area contributed by atoms with Crippen LogP contribution >= 0.6 is 0 Å². The number of hydrogen-bond acceptors (Lipinski definition) is 5. The van der Waals surface area contributed by atoms with E-state index in [1.807, 2.05) is 0 Å². The molecule has 0 radical (unpaired) electrons. The molecule has 98 valence electrons. The molecule has 19 heavy (non-hydrogen) atoms. The Balaban J connectivity index is 2.22. The number of hydrogen-bond donors (Lipinski definition) is 2. The maximum absolute atomic E-state index is 11.8. The van der Waals surface area contributed by atoms with Gasteiger partial charge in [-0.05, 0) is 31.1 Å². The van der Waals surface area contributed by atoms with E-state index in [9.17, 15) is 19.8 Å². The van der Waals surface area contributed by atoms with E-state index in [1.54, 1.807) is 0 Å². The second-order valence-electron chi connectivity index (χ2n) is 4.65. The molecule has 0 amide bonds. The smallest absolute Gasteiger partial charge is 0.190 e. The van der Waals surface area contributed by atoms with Gasteiger partial charge in [0.15, 0.2) is 11.6 Å². The minimum Gasteiger partial charge on any atom is -0.507 e. The van der Waals surface area contributed by atoms with Gasteiger partial charge in [0.25, 0.3) is 0 Å². The molecular weight excluding hydrogens is 248 g/mol. The van der Waals surface area contributed by atoms with Crippen molar-refractivity contribution < 1.29 is 24.5 Å². The quantitative estimate of drug-likeness (QED) is 0.753. The number of aromatic hydroxyl groups is 2. The first-order valence-corrected chi connectivity index (χ1v) is 6.06. The van der Waals surface area contributed by atoms with Crippen molar-refractivity contribution in [1.29, 1.82) is 0 Å². The number of carbonyl (C=O) groups is 2. The highest BCUT2D eigenvalue weighted by Gasteiger charge is 2.31. The molecule has 0 bridgehead atoms. The van der Waals surface area contributed by atoms with Gasteiger partial charge in [0.2, 0.25) is 0 Å². The first kappa shape index (κ1) is 11.9. The summed E-state index contributed by atoms with van der Waals surface area (Å²) in [7, 11) is 0. The summed E-state index contributed by atoms with van der Waals surface area (Å²) in [5.41, 5.74) is 0.106. The third kappa shape index (κ3) is 1.74. The number of rotatable bonds is 1. The molecule has 1 fully saturated rings. The molecule has 5 heteroatoms. The lowest BCUT2D eigenvalue weighted by atomic mass is 9.89. The van der Waals surface area contributed by atoms with Crippen LogP contribution in [-0.2, 0) is 4.74 Å². The zero-order valence-corrected chi connectivity index (χ0v) is 10.0. The zero-order valence-electron chi connectivity index (χ0n) is 10.0. The summed E-state index contributed by atoms with van der Waals surface area (Å²) in [6.07, 6.45) is 3.42. The molecule has 5 nitrogen and oxygen atoms in total. The molecule has 0 spiro atoms. The first-order valence-electron chi connectivity index (χ1n) is 6.06. The van der Waals surface area contributed by atoms with Gasteiger partial charge in [-0.1, -0.05) is 0 Å². The van der Waals surface area contributed by atoms with E-state index >= 15 is 0 Å². The van der Waals surface area contributed by atoms with Crippen LogP contribution in [0.1, 0.15) is 45.2 Å². The Morgan fingerprint density at radius 1 is 1.11 bits per heavy atom. The third-order valence-corrected chi connectivity index (χ3v) is 3.46. The van der Waals surface area contributed by atoms with Gasteiger partial charge in [-0.15, -0.1) is 0 Å². The van der Waals surface area contributed by atoms with Gasteiger partial charge < -0.3 is 14.9 Å². The number of phenols is 2. The number of carbonyl (C=O) groups excluding carboxylic acids is 2. The third-order valence-electron chi connectivity index (χ3n) is 3.46. The minimum absolute atomic E-state index is 0.127. The van der Waals surface area contributed by atoms with Gasteiger partial charge in [-0.3, -0.25) is 9.59 Å². The van der Waals surface area contributed by atoms with E-state index in [0.29, 0.717) is 18.6 Å². The van der Waals surface area contributed by atoms with E-state index in [4.69, 9.17) is 4.74 Å². The number of benzene rings is 1. The molecule has 1 aliphatic carbocycles. The molecule has 1 heterocycles. The van der Waals surface area contributed by atoms with Crippen LogP contribution in [0.4, 0.5) is 0 Å². The Morgan fingerprint density at radius 2 is 1.79 bits per heavy atom. The number of ether oxygens (including phenoxy) is 1. The van der Waals surface area contributed by atoms with E-state index < -0.39 is 11.6 Å². The molecular formula is C14H12O5. The summed E-state index contributed by atoms with van der Waals surface area (Å²) < 4.78 is 5.44. The Kier molecular flexibility index (Phi) is 2.64. The highest BCUT2D eigenvalue weighted by atomic mass is 16.5. The average Bonchev–Trinajstić information content (AvgIpc) is 2.90. The average molecular weight is 260 g/mol. The van der Waals surface area contributed by atoms with Crippen LogP contribution in [-0.4, -0.2) is 28.4 Å². The van der Waals surface area contributed by atoms with Crippen molar-refractivity contribution >= 4 is 11.6 Å². The zero-order chi connectivity index (χ0) is 13.6. The van der Waals surface area contributed by atoms with Crippen molar-refractivity contribution in [3.05, 3.63) is 34.9 Å². The molecule has 3 rings (SSSR count). The van der Waals surface area contributed by atoms with Gasteiger partial charge in [0.1, 0.15) is 11.5 Å². The molecule has 1 aromatic carbocycles. The van der Waals surface area contributed by atoms with E-state index in [1.165, 1.54) is 6.07 Å². The fourth-order valence-corrected chi connectivity index (χ4v) is 2.55. The van der Waals surface area contributed by atoms with Gasteiger partial charge in [-0.25, -0.2) is 0 Å². The second-order valence-corrected chi connectivity index (χ2v) is 4.65. The predicted molar refractivity (Wildman–Crippen MR) is 65.5 cm³/mol. The molecule has 1 atom stereocenters. The molecule has 2 aliphatic rings. The van der Waals surface area contributed by atoms with Crippen LogP contribution in [0.5, 0.6) is 11.5 Å². The lowest BCUT2D eigenvalue weighted by Crippen LogP contribution is -2.14. The van der Waals surface area contributed by atoms with Crippen molar-refractivity contribution in [2.75, 3.05) is 6.61 Å². The van der Waals surface area contributed by atoms with Crippen molar-refractivity contribution in [3.63, 3.8) is 0 Å². The summed E-state index contributed by atoms with van der Waals surface area (Å²) in [4.78, 5) is 23.5. The summed E-state index contributed by atoms with van der Waals surface area (Å²) in [5, 5.41) is 20.1. The highest BCUT2D eigenvalue weighted by Crippen LogP contribution is 2.42. The fourth-order valence-electron chi connectivity index (χ4n) is 2.55. The van der Waals surface area contributed by atoms with Crippen LogP contribution in [0.2, 0.25) is 0 Å². The number of allylic oxidation sites excluding steroid dienone is 2. The van der Waals surface area contributed by atoms with Crippen LogP contribution in [0, 0.1) is 0 Å². The molecule has 0 saturated carbocycles. The Bertz CT molecular complexity index is 609. The summed E-state index contributed by atoms with van der Waals surface area (Å²) >= 11 is 0. The molecule has 0 aromatic heterocycles. The predicted octanol–water partition coefficient (Wildman–Crippen LogP) is 1.88.